The molecule has 1 amide bonds. The van der Waals surface area contributed by atoms with E-state index >= 15 is 0 Å². The molecule has 2 aromatic heterocycles. The Morgan fingerprint density at radius 3 is 2.76 bits per heavy atom. The summed E-state index contributed by atoms with van der Waals surface area (Å²) in [4.78, 5) is 18.1. The summed E-state index contributed by atoms with van der Waals surface area (Å²) in [6.07, 6.45) is 0. The predicted molar refractivity (Wildman–Crippen MR) is 116 cm³/mol. The second kappa shape index (κ2) is 9.43. The fourth-order valence-corrected chi connectivity index (χ4v) is 4.06. The second-order valence-corrected chi connectivity index (χ2v) is 8.40. The number of aromatic amines is 1. The Kier molecular flexibility index (Phi) is 6.94. The lowest BCUT2D eigenvalue weighted by atomic mass is 10.2. The van der Waals surface area contributed by atoms with Crippen molar-refractivity contribution in [1.29, 1.82) is 0 Å². The van der Waals surface area contributed by atoms with Crippen molar-refractivity contribution >= 4 is 29.5 Å². The fourth-order valence-electron chi connectivity index (χ4n) is 3.06. The van der Waals surface area contributed by atoms with Crippen LogP contribution < -0.4 is 0 Å². The molecule has 0 spiro atoms. The van der Waals surface area contributed by atoms with Crippen molar-refractivity contribution in [3.8, 4) is 10.7 Å². The zero-order valence-electron chi connectivity index (χ0n) is 16.6. The molecule has 2 heterocycles. The van der Waals surface area contributed by atoms with E-state index < -0.39 is 6.04 Å². The number of carbonyl (C=O) groups is 1. The van der Waals surface area contributed by atoms with Gasteiger partial charge >= 0.3 is 0 Å². The predicted octanol–water partition coefficient (Wildman–Crippen LogP) is 3.96. The number of nitrogens with zero attached hydrogens (tertiary/aromatic N) is 4. The van der Waals surface area contributed by atoms with Gasteiger partial charge in [-0.1, -0.05) is 18.2 Å². The maximum atomic E-state index is 13.6. The highest BCUT2D eigenvalue weighted by atomic mass is 32.1. The van der Waals surface area contributed by atoms with Crippen LogP contribution in [0.1, 0.15) is 18.5 Å². The van der Waals surface area contributed by atoms with Gasteiger partial charge in [0.05, 0.1) is 4.88 Å². The van der Waals surface area contributed by atoms with Gasteiger partial charge in [0.2, 0.25) is 5.91 Å². The molecule has 29 heavy (non-hydrogen) atoms. The molecule has 0 aliphatic heterocycles. The number of rotatable bonds is 8. The summed E-state index contributed by atoms with van der Waals surface area (Å²) in [5.41, 5.74) is 0.749. The highest BCUT2D eigenvalue weighted by molar-refractivity contribution is 7.71. The third-order valence-electron chi connectivity index (χ3n) is 4.58. The normalized spacial score (nSPS) is 12.3. The first-order valence-corrected chi connectivity index (χ1v) is 10.5. The lowest BCUT2D eigenvalue weighted by molar-refractivity contribution is -0.135. The Morgan fingerprint density at radius 1 is 1.31 bits per heavy atom. The molecule has 154 valence electrons. The number of benzene rings is 1. The topological polar surface area (TPSA) is 57.2 Å². The molecule has 0 radical (unpaired) electrons. The lowest BCUT2D eigenvalue weighted by Crippen LogP contribution is -2.40. The number of hydrogen-bond acceptors (Lipinski definition) is 5. The van der Waals surface area contributed by atoms with Crippen molar-refractivity contribution < 1.29 is 9.18 Å². The fraction of sp³-hybridized carbons (Fsp3) is 0.350. The van der Waals surface area contributed by atoms with Crippen molar-refractivity contribution in [3.05, 3.63) is 57.9 Å². The minimum absolute atomic E-state index is 0.0913. The molecule has 1 atom stereocenters. The van der Waals surface area contributed by atoms with Gasteiger partial charge in [-0.05, 0) is 62.4 Å². The van der Waals surface area contributed by atoms with E-state index in [1.165, 1.54) is 23.5 Å². The number of nitrogens with one attached hydrogen (secondary N) is 1. The highest BCUT2D eigenvalue weighted by Gasteiger charge is 2.26. The monoisotopic (exact) mass is 433 g/mol. The van der Waals surface area contributed by atoms with Crippen LogP contribution in [0.5, 0.6) is 0 Å². The minimum Gasteiger partial charge on any atom is -0.335 e. The van der Waals surface area contributed by atoms with E-state index in [9.17, 15) is 9.18 Å². The van der Waals surface area contributed by atoms with Crippen molar-refractivity contribution in [2.45, 2.75) is 19.5 Å². The molecule has 0 saturated carbocycles. The number of H-pyrrole nitrogens is 1. The first-order valence-electron chi connectivity index (χ1n) is 9.25. The smallest absolute Gasteiger partial charge is 0.245 e. The number of hydrogen-bond donors (Lipinski definition) is 1. The Labute approximate surface area is 178 Å². The molecule has 0 bridgehead atoms. The molecule has 0 aliphatic carbocycles. The summed E-state index contributed by atoms with van der Waals surface area (Å²) in [6, 6.07) is 9.67. The maximum Gasteiger partial charge on any atom is 0.245 e. The molecule has 1 aromatic carbocycles. The maximum absolute atomic E-state index is 13.6. The van der Waals surface area contributed by atoms with E-state index in [1.807, 2.05) is 49.5 Å². The molecule has 0 fully saturated rings. The van der Waals surface area contributed by atoms with Crippen LogP contribution in [0.3, 0.4) is 0 Å². The van der Waals surface area contributed by atoms with Crippen molar-refractivity contribution in [2.24, 2.45) is 0 Å². The summed E-state index contributed by atoms with van der Waals surface area (Å²) < 4.78 is 15.8. The van der Waals surface area contributed by atoms with Crippen LogP contribution in [-0.4, -0.2) is 57.7 Å². The van der Waals surface area contributed by atoms with Crippen molar-refractivity contribution in [1.82, 2.24) is 24.6 Å². The van der Waals surface area contributed by atoms with Crippen LogP contribution in [0, 0.1) is 10.6 Å². The Balaban J connectivity index is 1.89. The van der Waals surface area contributed by atoms with Gasteiger partial charge in [-0.25, -0.2) is 4.39 Å². The van der Waals surface area contributed by atoms with Gasteiger partial charge in [-0.15, -0.1) is 11.3 Å². The van der Waals surface area contributed by atoms with Gasteiger partial charge in [0.25, 0.3) is 0 Å². The van der Waals surface area contributed by atoms with Gasteiger partial charge < -0.3 is 9.80 Å². The van der Waals surface area contributed by atoms with E-state index in [2.05, 4.69) is 10.2 Å². The van der Waals surface area contributed by atoms with Crippen molar-refractivity contribution in [3.63, 3.8) is 0 Å². The van der Waals surface area contributed by atoms with Gasteiger partial charge in [-0.2, -0.15) is 5.10 Å². The number of halogens is 1. The van der Waals surface area contributed by atoms with Crippen LogP contribution >= 0.6 is 23.6 Å². The zero-order valence-corrected chi connectivity index (χ0v) is 18.3. The minimum atomic E-state index is -0.547. The van der Waals surface area contributed by atoms with Crippen LogP contribution in [0.2, 0.25) is 0 Å². The van der Waals surface area contributed by atoms with Gasteiger partial charge in [-0.3, -0.25) is 14.5 Å². The first kappa shape index (κ1) is 21.4. The number of carbonyl (C=O) groups excluding carboxylic acids is 1. The third kappa shape index (κ3) is 5.17. The first-order chi connectivity index (χ1) is 13.9. The van der Waals surface area contributed by atoms with E-state index in [0.29, 0.717) is 30.2 Å². The molecular formula is C20H24FN5OS2. The lowest BCUT2D eigenvalue weighted by Gasteiger charge is -2.28. The molecule has 6 nitrogen and oxygen atoms in total. The quantitative estimate of drug-likeness (QED) is 0.547. The molecular weight excluding hydrogens is 409 g/mol. The molecule has 1 N–H and O–H groups in total. The summed E-state index contributed by atoms with van der Waals surface area (Å²) in [7, 11) is 3.91. The van der Waals surface area contributed by atoms with Crippen LogP contribution in [-0.2, 0) is 11.3 Å². The number of amides is 1. The van der Waals surface area contributed by atoms with Gasteiger partial charge in [0, 0.05) is 19.6 Å². The van der Waals surface area contributed by atoms with Crippen LogP contribution in [0.15, 0.2) is 41.8 Å². The van der Waals surface area contributed by atoms with Crippen LogP contribution in [0.25, 0.3) is 10.7 Å². The van der Waals surface area contributed by atoms with E-state index in [1.54, 1.807) is 15.5 Å². The number of likely N-dealkylation sites (N-methyl/N-ethyl adjacent to an activating group) is 1. The molecule has 1 unspecified atom stereocenters. The zero-order chi connectivity index (χ0) is 21.0. The summed E-state index contributed by atoms with van der Waals surface area (Å²) >= 11 is 6.94. The standard InChI is InChI=1S/C20H24FN5OS2/c1-14(26-18(22-23-20(26)28)17-8-5-11-29-17)19(27)25(10-9-24(2)3)13-15-6-4-7-16(21)12-15/h4-8,11-12,14H,9-10,13H2,1-3H3,(H,23,28). The van der Waals surface area contributed by atoms with Gasteiger partial charge in [0.15, 0.2) is 10.6 Å². The third-order valence-corrected chi connectivity index (χ3v) is 5.74. The van der Waals surface area contributed by atoms with E-state index in [-0.39, 0.29) is 11.7 Å². The summed E-state index contributed by atoms with van der Waals surface area (Å²) in [5.74, 6) is 0.239. The molecule has 3 rings (SSSR count). The van der Waals surface area contributed by atoms with E-state index in [0.717, 1.165) is 10.4 Å². The second-order valence-electron chi connectivity index (χ2n) is 7.07. The summed E-state index contributed by atoms with van der Waals surface area (Å²) in [6.45, 7) is 3.36. The average molecular weight is 434 g/mol. The Morgan fingerprint density at radius 2 is 2.10 bits per heavy atom. The molecule has 9 heteroatoms. The Hall–Kier alpha value is -2.36. The SMILES string of the molecule is CC(C(=O)N(CCN(C)C)Cc1cccc(F)c1)n1c(-c2cccs2)n[nH]c1=S. The van der Waals surface area contributed by atoms with Gasteiger partial charge in [0.1, 0.15) is 11.9 Å². The average Bonchev–Trinajstić information content (AvgIpc) is 3.33. The van der Waals surface area contributed by atoms with Crippen molar-refractivity contribution in [2.75, 3.05) is 27.2 Å². The van der Waals surface area contributed by atoms with E-state index in [4.69, 9.17) is 12.2 Å². The molecule has 0 aliphatic rings. The highest BCUT2D eigenvalue weighted by Crippen LogP contribution is 2.26. The number of aromatic nitrogens is 3. The molecule has 0 saturated heterocycles. The Bertz CT molecular complexity index is 1010. The van der Waals surface area contributed by atoms with Crippen LogP contribution in [0.4, 0.5) is 4.39 Å². The largest absolute Gasteiger partial charge is 0.335 e. The number of thiophene rings is 1. The summed E-state index contributed by atoms with van der Waals surface area (Å²) in [5, 5.41) is 9.08. The molecule has 3 aromatic rings.